The molecule has 1 unspecified atom stereocenters. The monoisotopic (exact) mass is 866 g/mol. The minimum Gasteiger partial charge on any atom is -0.147 e. The van der Waals surface area contributed by atoms with E-state index in [1.54, 1.807) is 14.4 Å². The number of rotatable bonds is 4. The van der Waals surface area contributed by atoms with Crippen molar-refractivity contribution < 1.29 is 17.4 Å². The molecule has 284 valence electrons. The molecule has 0 saturated carbocycles. The third-order valence-corrected chi connectivity index (χ3v) is 36.7. The molecule has 0 saturated heterocycles. The molecule has 0 aliphatic heterocycles. The van der Waals surface area contributed by atoms with Gasteiger partial charge >= 0.3 is 327 Å². The molecule has 0 spiro atoms. The molecular weight excluding hydrogens is 815 g/mol. The van der Waals surface area contributed by atoms with E-state index in [0.717, 1.165) is 0 Å². The molecular formula is C52H54Cl2SiZr. The molecule has 0 heterocycles. The first-order valence-electron chi connectivity index (χ1n) is 19.8. The van der Waals surface area contributed by atoms with Crippen molar-refractivity contribution in [2.24, 2.45) is 0 Å². The summed E-state index contributed by atoms with van der Waals surface area (Å²) in [6, 6.07) is 54.3. The van der Waals surface area contributed by atoms with Crippen LogP contribution in [-0.2, 0) is 28.2 Å². The minimum absolute atomic E-state index is 0. The molecule has 0 nitrogen and oxygen atoms in total. The molecule has 7 aromatic rings. The Morgan fingerprint density at radius 2 is 1.02 bits per heavy atom. The SMILES string of the molecule is CC1=Cc2c(-c3cc4ccccc4c4ccccc34)cccc2[CH]1[Zr]([CH3])(=[SiH2])([c]1ccccc1)[CH]1c2cc(C(C)(C)C)ccc2-c2ccc(C(C)(C)C)cc21.Cl.Cl. The van der Waals surface area contributed by atoms with Crippen LogP contribution in [0, 0.1) is 0 Å². The predicted octanol–water partition coefficient (Wildman–Crippen LogP) is 13.9. The molecule has 0 amide bonds. The third kappa shape index (κ3) is 6.09. The Kier molecular flexibility index (Phi) is 10.2. The summed E-state index contributed by atoms with van der Waals surface area (Å²) < 4.78 is 5.08. The number of allylic oxidation sites excluding steroid dienone is 1. The van der Waals surface area contributed by atoms with Crippen molar-refractivity contribution in [3.63, 3.8) is 0 Å². The quantitative estimate of drug-likeness (QED) is 0.122. The van der Waals surface area contributed by atoms with Crippen LogP contribution in [0.25, 0.3) is 49.9 Å². The second-order valence-electron chi connectivity index (χ2n) is 18.9. The number of hydrogen-bond acceptors (Lipinski definition) is 0. The van der Waals surface area contributed by atoms with Crippen LogP contribution in [-0.4, -0.2) is 6.88 Å². The summed E-state index contributed by atoms with van der Waals surface area (Å²) in [6.45, 7) is 19.1. The van der Waals surface area contributed by atoms with Crippen LogP contribution in [0.5, 0.6) is 0 Å². The van der Waals surface area contributed by atoms with Gasteiger partial charge in [-0.1, -0.05) is 0 Å². The maximum atomic E-state index is 2.82. The van der Waals surface area contributed by atoms with Gasteiger partial charge in [0.1, 0.15) is 0 Å². The van der Waals surface area contributed by atoms with Gasteiger partial charge in [0, 0.05) is 0 Å². The molecule has 56 heavy (non-hydrogen) atoms. The van der Waals surface area contributed by atoms with Crippen molar-refractivity contribution in [2.45, 2.75) is 71.2 Å². The maximum Gasteiger partial charge on any atom is -0.147 e. The van der Waals surface area contributed by atoms with E-state index in [1.165, 1.54) is 71.6 Å². The van der Waals surface area contributed by atoms with Crippen molar-refractivity contribution in [1.29, 1.82) is 0 Å². The van der Waals surface area contributed by atoms with E-state index < -0.39 is 17.4 Å². The normalized spacial score (nSPS) is 15.4. The van der Waals surface area contributed by atoms with Crippen LogP contribution in [0.1, 0.15) is 89.1 Å². The number of fused-ring (bicyclic) bond motifs is 7. The Balaban J connectivity index is 0.00000240. The maximum absolute atomic E-state index is 4.40. The number of hydrogen-bond donors (Lipinski definition) is 0. The summed E-state index contributed by atoms with van der Waals surface area (Å²) in [4.78, 5) is 0. The summed E-state index contributed by atoms with van der Waals surface area (Å²) in [6.07, 6.45) is 2.58. The molecule has 2 aliphatic carbocycles. The van der Waals surface area contributed by atoms with Crippen LogP contribution in [0.2, 0.25) is 4.63 Å². The topological polar surface area (TPSA) is 0 Å². The van der Waals surface area contributed by atoms with Crippen LogP contribution in [0.3, 0.4) is 0 Å². The first kappa shape index (κ1) is 40.7. The molecule has 0 aromatic heterocycles. The second-order valence-corrected chi connectivity index (χ2v) is 45.2. The number of benzene rings is 7. The van der Waals surface area contributed by atoms with Crippen LogP contribution in [0.15, 0.2) is 145 Å². The standard InChI is InChI=1S/C24H17.C21H25.C6H5.CH3.2ClH.H2Si.Zr/c1-16-13-17-8-6-12-22(23(17)14-16)24-15-18-7-2-3-9-19(18)20-10-4-5-11-21(20)24;1-20(2,3)16-7-9-18-14(12-16)11-15-13-17(21(4,5)6)8-10-19(15)18;1-2-4-6-5-3-1;;;;;/h2-15H,1H3;7-13H,1-6H3;1-5H;1H3;2*1H;1H2;. The average molecular weight is 869 g/mol. The van der Waals surface area contributed by atoms with Gasteiger partial charge in [-0.3, -0.25) is 0 Å². The average Bonchev–Trinajstić information content (AvgIpc) is 3.69. The predicted molar refractivity (Wildman–Crippen MR) is 249 cm³/mol. The first-order valence-corrected chi connectivity index (χ1v) is 32.2. The molecule has 0 fully saturated rings. The van der Waals surface area contributed by atoms with Crippen molar-refractivity contribution in [3.05, 3.63) is 178 Å². The molecule has 0 bridgehead atoms. The smallest absolute Gasteiger partial charge is 0.147 e. The Hall–Kier alpha value is -3.52. The summed E-state index contributed by atoms with van der Waals surface area (Å²) in [7, 11) is 0. The van der Waals surface area contributed by atoms with Crippen molar-refractivity contribution in [2.75, 3.05) is 0 Å². The van der Waals surface area contributed by atoms with Crippen LogP contribution < -0.4 is 3.27 Å². The fraction of sp³-hybridized carbons (Fsp3) is 0.231. The van der Waals surface area contributed by atoms with Gasteiger partial charge in [-0.15, -0.1) is 24.8 Å². The zero-order valence-electron chi connectivity index (χ0n) is 34.0. The Morgan fingerprint density at radius 3 is 1.61 bits per heavy atom. The fourth-order valence-electron chi connectivity index (χ4n) is 10.6. The zero-order valence-corrected chi connectivity index (χ0v) is 39.5. The van der Waals surface area contributed by atoms with E-state index >= 15 is 0 Å². The van der Waals surface area contributed by atoms with E-state index in [4.69, 9.17) is 0 Å². The Labute approximate surface area is 349 Å². The minimum atomic E-state index is -4.40. The molecule has 2 aliphatic rings. The fourth-order valence-corrected chi connectivity index (χ4v) is 34.6. The summed E-state index contributed by atoms with van der Waals surface area (Å²) in [5.41, 5.74) is 16.1. The van der Waals surface area contributed by atoms with Gasteiger partial charge in [0.25, 0.3) is 0 Å². The van der Waals surface area contributed by atoms with Gasteiger partial charge in [0.15, 0.2) is 0 Å². The Morgan fingerprint density at radius 1 is 0.482 bits per heavy atom. The molecule has 4 heteroatoms. The Bertz CT molecular complexity index is 2720. The molecule has 9 rings (SSSR count). The van der Waals surface area contributed by atoms with Gasteiger partial charge in [0.2, 0.25) is 0 Å². The van der Waals surface area contributed by atoms with E-state index in [-0.39, 0.29) is 35.6 Å². The van der Waals surface area contributed by atoms with Crippen molar-refractivity contribution in [3.8, 4) is 22.3 Å². The summed E-state index contributed by atoms with van der Waals surface area (Å²) in [5.74, 6) is 0. The molecule has 1 atom stereocenters. The summed E-state index contributed by atoms with van der Waals surface area (Å²) in [5, 5.41) is 5.26. The third-order valence-electron chi connectivity index (χ3n) is 13.3. The second kappa shape index (κ2) is 14.1. The van der Waals surface area contributed by atoms with E-state index in [9.17, 15) is 0 Å². The number of halogens is 2. The van der Waals surface area contributed by atoms with Gasteiger partial charge in [0.05, 0.1) is 0 Å². The largest absolute Gasteiger partial charge is 0.147 e. The van der Waals surface area contributed by atoms with Gasteiger partial charge in [-0.05, 0) is 0 Å². The van der Waals surface area contributed by atoms with Crippen molar-refractivity contribution in [1.82, 2.24) is 0 Å². The summed E-state index contributed by atoms with van der Waals surface area (Å²) >= 11 is -4.40. The van der Waals surface area contributed by atoms with Gasteiger partial charge in [-0.25, -0.2) is 0 Å². The zero-order chi connectivity index (χ0) is 37.8. The molecule has 0 N–H and O–H groups in total. The van der Waals surface area contributed by atoms with Crippen LogP contribution >= 0.6 is 24.8 Å². The van der Waals surface area contributed by atoms with Crippen molar-refractivity contribution >= 4 is 62.6 Å². The van der Waals surface area contributed by atoms with Gasteiger partial charge in [-0.2, -0.15) is 0 Å². The van der Waals surface area contributed by atoms with Crippen LogP contribution in [0.4, 0.5) is 0 Å². The molecule has 0 radical (unpaired) electrons. The van der Waals surface area contributed by atoms with E-state index in [0.29, 0.717) is 7.25 Å². The van der Waals surface area contributed by atoms with E-state index in [1.807, 2.05) is 0 Å². The first-order chi connectivity index (χ1) is 25.7. The van der Waals surface area contributed by atoms with E-state index in [2.05, 4.69) is 206 Å². The molecule has 7 aromatic carbocycles. The van der Waals surface area contributed by atoms with Gasteiger partial charge < -0.3 is 0 Å².